The Morgan fingerprint density at radius 3 is 2.71 bits per heavy atom. The van der Waals surface area contributed by atoms with Crippen molar-refractivity contribution in [3.63, 3.8) is 0 Å². The van der Waals surface area contributed by atoms with E-state index in [0.717, 1.165) is 38.2 Å². The fourth-order valence-corrected chi connectivity index (χ4v) is 3.83. The van der Waals surface area contributed by atoms with Crippen LogP contribution in [0.1, 0.15) is 49.4 Å². The highest BCUT2D eigenvalue weighted by Gasteiger charge is 2.24. The van der Waals surface area contributed by atoms with E-state index < -0.39 is 11.7 Å². The minimum absolute atomic E-state index is 0.000301. The molecule has 1 aliphatic carbocycles. The first-order valence-electron chi connectivity index (χ1n) is 11.2. The molecule has 180 valence electrons. The maximum atomic E-state index is 14.8. The van der Waals surface area contributed by atoms with Crippen LogP contribution in [0.5, 0.6) is 5.88 Å². The fourth-order valence-electron chi connectivity index (χ4n) is 3.83. The second-order valence-corrected chi connectivity index (χ2v) is 8.12. The number of rotatable bonds is 9. The van der Waals surface area contributed by atoms with Crippen molar-refractivity contribution >= 4 is 23.2 Å². The average molecular weight is 470 g/mol. The molecule has 6 N–H and O–H groups in total. The van der Waals surface area contributed by atoms with Crippen LogP contribution in [0.2, 0.25) is 0 Å². The highest BCUT2D eigenvalue weighted by molar-refractivity contribution is 5.98. The first-order valence-corrected chi connectivity index (χ1v) is 11.2. The molecule has 1 saturated carbocycles. The summed E-state index contributed by atoms with van der Waals surface area (Å²) < 4.78 is 20.5. The van der Waals surface area contributed by atoms with Crippen molar-refractivity contribution in [1.29, 1.82) is 0 Å². The smallest absolute Gasteiger partial charge is 0.252 e. The summed E-state index contributed by atoms with van der Waals surface area (Å²) in [5, 5.41) is 14.4. The molecule has 0 aromatic carbocycles. The summed E-state index contributed by atoms with van der Waals surface area (Å²) in [4.78, 5) is 22.1. The molecule has 0 radical (unpaired) electrons. The number of hydrogen-bond acceptors (Lipinski definition) is 9. The number of nitrogens with one attached hydrogen (secondary N) is 2. The van der Waals surface area contributed by atoms with Crippen molar-refractivity contribution in [2.75, 3.05) is 17.2 Å². The molecule has 12 heteroatoms. The lowest BCUT2D eigenvalue weighted by molar-refractivity contribution is 0.100. The van der Waals surface area contributed by atoms with Gasteiger partial charge in [0.05, 0.1) is 36.4 Å². The van der Waals surface area contributed by atoms with Gasteiger partial charge in [-0.15, -0.1) is 4.80 Å². The van der Waals surface area contributed by atoms with Crippen molar-refractivity contribution in [3.05, 3.63) is 42.1 Å². The Labute approximate surface area is 196 Å². The van der Waals surface area contributed by atoms with E-state index in [1.165, 1.54) is 23.4 Å². The van der Waals surface area contributed by atoms with E-state index >= 15 is 0 Å². The Morgan fingerprint density at radius 1 is 1.24 bits per heavy atom. The van der Waals surface area contributed by atoms with Crippen molar-refractivity contribution in [2.45, 2.75) is 51.1 Å². The Balaban J connectivity index is 1.67. The lowest BCUT2D eigenvalue weighted by Gasteiger charge is -2.30. The molecule has 3 heterocycles. The van der Waals surface area contributed by atoms with Crippen molar-refractivity contribution < 1.29 is 13.9 Å². The molecule has 3 aromatic heterocycles. The number of carbonyl (C=O) groups is 1. The van der Waals surface area contributed by atoms with Crippen LogP contribution in [0.3, 0.4) is 0 Å². The molecule has 11 nitrogen and oxygen atoms in total. The van der Waals surface area contributed by atoms with Crippen LogP contribution in [0.4, 0.5) is 21.7 Å². The van der Waals surface area contributed by atoms with E-state index in [4.69, 9.17) is 16.2 Å². The Kier molecular flexibility index (Phi) is 7.16. The van der Waals surface area contributed by atoms with E-state index in [2.05, 4.69) is 30.8 Å². The number of aromatic nitrogens is 5. The van der Waals surface area contributed by atoms with Crippen LogP contribution in [0.25, 0.3) is 5.69 Å². The summed E-state index contributed by atoms with van der Waals surface area (Å²) >= 11 is 0. The van der Waals surface area contributed by atoms with Gasteiger partial charge >= 0.3 is 0 Å². The monoisotopic (exact) mass is 469 g/mol. The van der Waals surface area contributed by atoms with Gasteiger partial charge in [-0.2, -0.15) is 10.2 Å². The lowest BCUT2D eigenvalue weighted by atomic mass is 9.91. The minimum Gasteiger partial charge on any atom is -0.476 e. The quantitative estimate of drug-likeness (QED) is 0.369. The topological polar surface area (TPSA) is 159 Å². The van der Waals surface area contributed by atoms with Gasteiger partial charge in [-0.3, -0.25) is 4.79 Å². The van der Waals surface area contributed by atoms with Gasteiger partial charge in [0.1, 0.15) is 11.5 Å². The molecule has 34 heavy (non-hydrogen) atoms. The van der Waals surface area contributed by atoms with Gasteiger partial charge in [0.25, 0.3) is 5.91 Å². The minimum atomic E-state index is -0.820. The summed E-state index contributed by atoms with van der Waals surface area (Å²) in [5.74, 6) is -1.07. The molecule has 0 saturated heterocycles. The van der Waals surface area contributed by atoms with E-state index in [1.807, 2.05) is 6.92 Å². The summed E-state index contributed by atoms with van der Waals surface area (Å²) in [6.45, 7) is 2.46. The number of halogens is 1. The average Bonchev–Trinajstić information content (AvgIpc) is 3.36. The van der Waals surface area contributed by atoms with Crippen LogP contribution in [-0.2, 0) is 0 Å². The van der Waals surface area contributed by atoms with Crippen molar-refractivity contribution in [2.24, 2.45) is 11.5 Å². The molecule has 0 spiro atoms. The summed E-state index contributed by atoms with van der Waals surface area (Å²) in [6.07, 6.45) is 9.08. The molecule has 1 fully saturated rings. The van der Waals surface area contributed by atoms with Gasteiger partial charge < -0.3 is 26.8 Å². The Bertz CT molecular complexity index is 1140. The zero-order chi connectivity index (χ0) is 24.1. The molecule has 0 aliphatic heterocycles. The largest absolute Gasteiger partial charge is 0.476 e. The highest BCUT2D eigenvalue weighted by atomic mass is 19.1. The van der Waals surface area contributed by atoms with Crippen molar-refractivity contribution in [1.82, 2.24) is 25.0 Å². The highest BCUT2D eigenvalue weighted by Crippen LogP contribution is 2.29. The number of anilines is 3. The van der Waals surface area contributed by atoms with Gasteiger partial charge in [-0.1, -0.05) is 19.8 Å². The van der Waals surface area contributed by atoms with Crippen LogP contribution in [0.15, 0.2) is 30.7 Å². The molecule has 4 rings (SSSR count). The van der Waals surface area contributed by atoms with E-state index in [1.54, 1.807) is 6.07 Å². The first kappa shape index (κ1) is 23.4. The molecular formula is C22H28FN9O2. The van der Waals surface area contributed by atoms with Crippen molar-refractivity contribution in [3.8, 4) is 11.6 Å². The van der Waals surface area contributed by atoms with Gasteiger partial charge in [0.2, 0.25) is 5.88 Å². The fraction of sp³-hybridized carbons (Fsp3) is 0.409. The molecule has 2 atom stereocenters. The summed E-state index contributed by atoms with van der Waals surface area (Å²) in [5.41, 5.74) is 12.5. The second kappa shape index (κ2) is 10.4. The molecule has 3 aromatic rings. The number of pyridine rings is 2. The lowest BCUT2D eigenvalue weighted by Crippen LogP contribution is -2.43. The van der Waals surface area contributed by atoms with E-state index in [0.29, 0.717) is 23.9 Å². The van der Waals surface area contributed by atoms with Gasteiger partial charge in [-0.25, -0.2) is 14.4 Å². The predicted molar refractivity (Wildman–Crippen MR) is 125 cm³/mol. The Hall–Kier alpha value is -3.80. The first-order chi connectivity index (χ1) is 16.5. The number of amides is 1. The second-order valence-electron chi connectivity index (χ2n) is 8.12. The van der Waals surface area contributed by atoms with Gasteiger partial charge in [-0.05, 0) is 31.4 Å². The number of carbonyl (C=O) groups excluding carboxylic acids is 1. The molecule has 1 aliphatic rings. The third-order valence-electron chi connectivity index (χ3n) is 5.56. The molecule has 1 amide bonds. The normalized spacial score (nSPS) is 17.9. The van der Waals surface area contributed by atoms with Gasteiger partial charge in [0.15, 0.2) is 11.6 Å². The van der Waals surface area contributed by atoms with Crippen LogP contribution in [-0.4, -0.2) is 49.6 Å². The van der Waals surface area contributed by atoms with Crippen LogP contribution >= 0.6 is 0 Å². The number of nitrogens with two attached hydrogens (primary N) is 2. The number of ether oxygens (including phenoxy) is 1. The zero-order valence-corrected chi connectivity index (χ0v) is 18.9. The molecule has 0 bridgehead atoms. The zero-order valence-electron chi connectivity index (χ0n) is 18.9. The maximum Gasteiger partial charge on any atom is 0.252 e. The molecular weight excluding hydrogens is 441 g/mol. The SMILES string of the molecule is CCCOc1ncc(Nc2nc(N[C@@H]3CCCC[C@@H]3N)c(F)cc2C(N)=O)cc1-n1nccn1. The number of primary amides is 1. The predicted octanol–water partition coefficient (Wildman–Crippen LogP) is 2.51. The summed E-state index contributed by atoms with van der Waals surface area (Å²) in [7, 11) is 0. The van der Waals surface area contributed by atoms with Crippen LogP contribution < -0.4 is 26.8 Å². The molecule has 0 unspecified atom stereocenters. The number of hydrogen-bond donors (Lipinski definition) is 4. The maximum absolute atomic E-state index is 14.8. The van der Waals surface area contributed by atoms with Crippen LogP contribution in [0, 0.1) is 5.82 Å². The third-order valence-corrected chi connectivity index (χ3v) is 5.56. The van der Waals surface area contributed by atoms with E-state index in [9.17, 15) is 9.18 Å². The van der Waals surface area contributed by atoms with Gasteiger partial charge in [0, 0.05) is 12.1 Å². The Morgan fingerprint density at radius 2 is 2.00 bits per heavy atom. The van der Waals surface area contributed by atoms with E-state index in [-0.39, 0.29) is 29.3 Å². The standard InChI is InChI=1S/C22H28FN9O2/c1-2-9-34-22-18(32-27-7-8-28-32)10-13(12-26-22)29-20-14(19(25)33)11-15(23)21(31-20)30-17-6-4-3-5-16(17)24/h7-8,10-12,16-17H,2-6,9,24H2,1H3,(H2,25,33)(H2,29,30,31)/t16-,17+/m0/s1. The third kappa shape index (κ3) is 5.22. The summed E-state index contributed by atoms with van der Waals surface area (Å²) in [6, 6.07) is 2.54. The number of nitrogens with zero attached hydrogens (tertiary/aromatic N) is 5.